The summed E-state index contributed by atoms with van der Waals surface area (Å²) in [6, 6.07) is 8.24. The highest BCUT2D eigenvalue weighted by Crippen LogP contribution is 2.31. The van der Waals surface area contributed by atoms with Gasteiger partial charge in [-0.2, -0.15) is 0 Å². The molecule has 6 nitrogen and oxygen atoms in total. The van der Waals surface area contributed by atoms with Crippen molar-refractivity contribution in [2.75, 3.05) is 57.9 Å². The zero-order chi connectivity index (χ0) is 18.6. The van der Waals surface area contributed by atoms with Crippen LogP contribution in [0, 0.1) is 5.92 Å². The van der Waals surface area contributed by atoms with Crippen LogP contribution in [0.4, 0.5) is 5.69 Å². The van der Waals surface area contributed by atoms with E-state index in [4.69, 9.17) is 14.5 Å². The number of benzene rings is 1. The molecule has 26 heavy (non-hydrogen) atoms. The summed E-state index contributed by atoms with van der Waals surface area (Å²) in [6.07, 6.45) is 2.15. The van der Waals surface area contributed by atoms with Gasteiger partial charge in [0.05, 0.1) is 12.8 Å². The summed E-state index contributed by atoms with van der Waals surface area (Å²) in [4.78, 5) is 7.18. The average molecular weight is 363 g/mol. The monoisotopic (exact) mass is 362 g/mol. The molecule has 1 aliphatic heterocycles. The zero-order valence-corrected chi connectivity index (χ0v) is 16.5. The molecule has 1 atom stereocenters. The van der Waals surface area contributed by atoms with E-state index in [0.29, 0.717) is 5.92 Å². The van der Waals surface area contributed by atoms with Crippen molar-refractivity contribution in [1.29, 1.82) is 0 Å². The van der Waals surface area contributed by atoms with Crippen LogP contribution < -0.4 is 20.3 Å². The summed E-state index contributed by atoms with van der Waals surface area (Å²) < 4.78 is 10.9. The van der Waals surface area contributed by atoms with Gasteiger partial charge in [-0.15, -0.1) is 0 Å². The van der Waals surface area contributed by atoms with Crippen molar-refractivity contribution in [2.24, 2.45) is 10.9 Å². The topological polar surface area (TPSA) is 58.1 Å². The van der Waals surface area contributed by atoms with Crippen LogP contribution in [0.1, 0.15) is 26.7 Å². The highest BCUT2D eigenvalue weighted by atomic mass is 16.5. The Hall–Kier alpha value is -1.95. The predicted molar refractivity (Wildman–Crippen MR) is 108 cm³/mol. The third-order valence-electron chi connectivity index (χ3n) is 4.53. The quantitative estimate of drug-likeness (QED) is 0.380. The Bertz CT molecular complexity index is 550. The Morgan fingerprint density at radius 3 is 2.88 bits per heavy atom. The lowest BCUT2D eigenvalue weighted by Crippen LogP contribution is -2.38. The molecule has 1 aromatic rings. The molecule has 0 aliphatic carbocycles. The van der Waals surface area contributed by atoms with Crippen LogP contribution in [-0.2, 0) is 4.74 Å². The number of methoxy groups -OCH3 is 1. The van der Waals surface area contributed by atoms with Crippen molar-refractivity contribution in [3.8, 4) is 5.75 Å². The van der Waals surface area contributed by atoms with Gasteiger partial charge in [0.15, 0.2) is 5.96 Å². The first-order valence-electron chi connectivity index (χ1n) is 9.76. The second-order valence-corrected chi connectivity index (χ2v) is 6.47. The summed E-state index contributed by atoms with van der Waals surface area (Å²) in [6.45, 7) is 10.3. The number of nitrogens with zero attached hydrogens (tertiary/aromatic N) is 2. The lowest BCUT2D eigenvalue weighted by molar-refractivity contribution is 0.145. The van der Waals surface area contributed by atoms with E-state index in [1.165, 1.54) is 5.69 Å². The molecule has 1 heterocycles. The molecule has 6 heteroatoms. The molecule has 1 aromatic carbocycles. The van der Waals surface area contributed by atoms with Crippen molar-refractivity contribution in [3.63, 3.8) is 0 Å². The molecule has 0 saturated carbocycles. The number of para-hydroxylation sites is 2. The predicted octanol–water partition coefficient (Wildman–Crippen LogP) is 2.50. The van der Waals surface area contributed by atoms with Crippen molar-refractivity contribution in [1.82, 2.24) is 10.6 Å². The summed E-state index contributed by atoms with van der Waals surface area (Å²) in [7, 11) is 1.73. The number of nitrogens with one attached hydrogen (secondary N) is 2. The largest absolute Gasteiger partial charge is 0.495 e. The first-order chi connectivity index (χ1) is 12.8. The van der Waals surface area contributed by atoms with E-state index < -0.39 is 0 Å². The van der Waals surface area contributed by atoms with Gasteiger partial charge >= 0.3 is 0 Å². The van der Waals surface area contributed by atoms with Gasteiger partial charge in [0.1, 0.15) is 5.75 Å². The summed E-state index contributed by atoms with van der Waals surface area (Å²) in [5.41, 5.74) is 1.18. The van der Waals surface area contributed by atoms with E-state index in [-0.39, 0.29) is 0 Å². The third-order valence-corrected chi connectivity index (χ3v) is 4.53. The van der Waals surface area contributed by atoms with E-state index in [9.17, 15) is 0 Å². The summed E-state index contributed by atoms with van der Waals surface area (Å²) in [5.74, 6) is 2.42. The van der Waals surface area contributed by atoms with Gasteiger partial charge in [0, 0.05) is 45.9 Å². The molecular weight excluding hydrogens is 328 g/mol. The Morgan fingerprint density at radius 2 is 2.12 bits per heavy atom. The van der Waals surface area contributed by atoms with Gasteiger partial charge in [0.2, 0.25) is 0 Å². The van der Waals surface area contributed by atoms with Crippen LogP contribution in [0.2, 0.25) is 0 Å². The van der Waals surface area contributed by atoms with Gasteiger partial charge in [-0.3, -0.25) is 4.99 Å². The normalized spacial score (nSPS) is 17.4. The smallest absolute Gasteiger partial charge is 0.191 e. The number of hydrogen-bond donors (Lipinski definition) is 2. The molecule has 1 saturated heterocycles. The number of guanidine groups is 1. The van der Waals surface area contributed by atoms with E-state index in [0.717, 1.165) is 70.5 Å². The van der Waals surface area contributed by atoms with E-state index in [1.54, 1.807) is 7.11 Å². The highest BCUT2D eigenvalue weighted by Gasteiger charge is 2.24. The molecule has 2 N–H and O–H groups in total. The summed E-state index contributed by atoms with van der Waals surface area (Å²) in [5, 5.41) is 6.71. The first-order valence-corrected chi connectivity index (χ1v) is 9.76. The first kappa shape index (κ1) is 20.4. The van der Waals surface area contributed by atoms with Crippen molar-refractivity contribution >= 4 is 11.6 Å². The molecule has 146 valence electrons. The number of aliphatic imine (C=N–C) groups is 1. The van der Waals surface area contributed by atoms with Crippen molar-refractivity contribution in [3.05, 3.63) is 24.3 Å². The fourth-order valence-electron chi connectivity index (χ4n) is 3.18. The fourth-order valence-corrected chi connectivity index (χ4v) is 3.18. The van der Waals surface area contributed by atoms with E-state index in [2.05, 4.69) is 34.6 Å². The van der Waals surface area contributed by atoms with Crippen LogP contribution >= 0.6 is 0 Å². The average Bonchev–Trinajstić information content (AvgIpc) is 3.14. The molecule has 0 amide bonds. The number of anilines is 1. The third kappa shape index (κ3) is 6.41. The van der Waals surface area contributed by atoms with Crippen LogP contribution in [0.3, 0.4) is 0 Å². The SMILES string of the molecule is CCNC(=NCC1CCN(c2ccccc2OC)C1)NCCCOCC. The maximum absolute atomic E-state index is 5.50. The molecule has 1 fully saturated rings. The van der Waals surface area contributed by atoms with Gasteiger partial charge in [-0.05, 0) is 44.7 Å². The van der Waals surface area contributed by atoms with Crippen molar-refractivity contribution < 1.29 is 9.47 Å². The molecule has 0 bridgehead atoms. The Kier molecular flexibility index (Phi) is 9.10. The highest BCUT2D eigenvalue weighted by molar-refractivity contribution is 5.79. The van der Waals surface area contributed by atoms with Gasteiger partial charge in [-0.25, -0.2) is 0 Å². The minimum Gasteiger partial charge on any atom is -0.495 e. The number of hydrogen-bond acceptors (Lipinski definition) is 4. The summed E-state index contributed by atoms with van der Waals surface area (Å²) >= 11 is 0. The minimum atomic E-state index is 0.568. The molecular formula is C20H34N4O2. The molecule has 2 rings (SSSR count). The Labute approximate surface area is 158 Å². The lowest BCUT2D eigenvalue weighted by atomic mass is 10.1. The van der Waals surface area contributed by atoms with Crippen LogP contribution in [0.15, 0.2) is 29.3 Å². The molecule has 0 spiro atoms. The van der Waals surface area contributed by atoms with Gasteiger partial charge in [0.25, 0.3) is 0 Å². The van der Waals surface area contributed by atoms with E-state index >= 15 is 0 Å². The van der Waals surface area contributed by atoms with Crippen LogP contribution in [0.25, 0.3) is 0 Å². The van der Waals surface area contributed by atoms with Crippen molar-refractivity contribution in [2.45, 2.75) is 26.7 Å². The second-order valence-electron chi connectivity index (χ2n) is 6.47. The maximum Gasteiger partial charge on any atom is 0.191 e. The van der Waals surface area contributed by atoms with Crippen LogP contribution in [0.5, 0.6) is 5.75 Å². The standard InChI is InChI=1S/C20H34N4O2/c1-4-21-20(22-12-8-14-26-5-2)23-15-17-11-13-24(16-17)18-9-6-7-10-19(18)25-3/h6-7,9-10,17H,4-5,8,11-16H2,1-3H3,(H2,21,22,23). The Morgan fingerprint density at radius 1 is 1.27 bits per heavy atom. The molecule has 1 unspecified atom stereocenters. The number of rotatable bonds is 10. The van der Waals surface area contributed by atoms with Gasteiger partial charge in [-0.1, -0.05) is 12.1 Å². The zero-order valence-electron chi connectivity index (χ0n) is 16.5. The van der Waals surface area contributed by atoms with Gasteiger partial charge < -0.3 is 25.0 Å². The van der Waals surface area contributed by atoms with E-state index in [1.807, 2.05) is 19.1 Å². The minimum absolute atomic E-state index is 0.568. The van der Waals surface area contributed by atoms with Crippen LogP contribution in [-0.4, -0.2) is 59.0 Å². The number of ether oxygens (including phenoxy) is 2. The molecule has 0 aromatic heterocycles. The second kappa shape index (κ2) is 11.6. The molecule has 1 aliphatic rings. The molecule has 0 radical (unpaired) electrons. The maximum atomic E-state index is 5.50. The fraction of sp³-hybridized carbons (Fsp3) is 0.650. The lowest BCUT2D eigenvalue weighted by Gasteiger charge is -2.21. The Balaban J connectivity index is 1.82.